The van der Waals surface area contributed by atoms with Crippen molar-refractivity contribution in [1.29, 1.82) is 0 Å². The Kier molecular flexibility index (Phi) is 4.71. The van der Waals surface area contributed by atoms with Gasteiger partial charge in [0.15, 0.2) is 6.10 Å². The molecule has 1 N–H and O–H groups in total. The van der Waals surface area contributed by atoms with Gasteiger partial charge in [-0.25, -0.2) is 4.79 Å². The normalized spacial score (nSPS) is 11.9. The fourth-order valence-corrected chi connectivity index (χ4v) is 1.90. The molecule has 0 spiro atoms. The molecule has 3 nitrogen and oxygen atoms in total. The minimum Gasteiger partial charge on any atom is -0.464 e. The van der Waals surface area contributed by atoms with Crippen LogP contribution in [0, 0.1) is 0 Å². The topological polar surface area (TPSA) is 46.5 Å². The summed E-state index contributed by atoms with van der Waals surface area (Å²) in [5, 5.41) is 9.81. The summed E-state index contributed by atoms with van der Waals surface area (Å²) in [5.74, 6) is -0.649. The fourth-order valence-electron chi connectivity index (χ4n) is 1.36. The molecule has 0 aromatic heterocycles. The van der Waals surface area contributed by atoms with Crippen LogP contribution in [0.3, 0.4) is 0 Å². The van der Waals surface area contributed by atoms with Crippen molar-refractivity contribution in [3.8, 4) is 0 Å². The SMILES string of the molecule is C=Cc1c(Br)cccc1C(O)C(=O)OCC. The Labute approximate surface area is 103 Å². The van der Waals surface area contributed by atoms with Crippen molar-refractivity contribution in [3.63, 3.8) is 0 Å². The van der Waals surface area contributed by atoms with Gasteiger partial charge >= 0.3 is 5.97 Å². The van der Waals surface area contributed by atoms with E-state index in [4.69, 9.17) is 4.74 Å². The average Bonchev–Trinajstić information content (AvgIpc) is 2.28. The van der Waals surface area contributed by atoms with E-state index in [9.17, 15) is 9.90 Å². The lowest BCUT2D eigenvalue weighted by Gasteiger charge is -2.13. The van der Waals surface area contributed by atoms with Crippen LogP contribution in [0.4, 0.5) is 0 Å². The molecule has 0 radical (unpaired) electrons. The Morgan fingerprint density at radius 1 is 1.69 bits per heavy atom. The Morgan fingerprint density at radius 3 is 2.94 bits per heavy atom. The number of ether oxygens (including phenoxy) is 1. The van der Waals surface area contributed by atoms with Crippen molar-refractivity contribution in [3.05, 3.63) is 40.4 Å². The summed E-state index contributed by atoms with van der Waals surface area (Å²) in [6.07, 6.45) is 0.312. The fraction of sp³-hybridized carbons (Fsp3) is 0.250. The van der Waals surface area contributed by atoms with Crippen LogP contribution in [0.5, 0.6) is 0 Å². The third kappa shape index (κ3) is 2.71. The van der Waals surface area contributed by atoms with Gasteiger partial charge in [-0.1, -0.05) is 40.7 Å². The second-order valence-electron chi connectivity index (χ2n) is 3.10. The second kappa shape index (κ2) is 5.82. The van der Waals surface area contributed by atoms with Crippen LogP contribution in [0.1, 0.15) is 24.2 Å². The monoisotopic (exact) mass is 284 g/mol. The highest BCUT2D eigenvalue weighted by atomic mass is 79.9. The number of carbonyl (C=O) groups excluding carboxylic acids is 1. The zero-order valence-corrected chi connectivity index (χ0v) is 10.5. The molecule has 86 valence electrons. The van der Waals surface area contributed by atoms with Crippen LogP contribution in [0.15, 0.2) is 29.3 Å². The van der Waals surface area contributed by atoms with Gasteiger partial charge in [-0.3, -0.25) is 0 Å². The van der Waals surface area contributed by atoms with Crippen molar-refractivity contribution in [2.24, 2.45) is 0 Å². The van der Waals surface area contributed by atoms with E-state index < -0.39 is 12.1 Å². The highest BCUT2D eigenvalue weighted by Crippen LogP contribution is 2.27. The first kappa shape index (κ1) is 12.9. The van der Waals surface area contributed by atoms with Crippen LogP contribution < -0.4 is 0 Å². The summed E-state index contributed by atoms with van der Waals surface area (Å²) < 4.78 is 5.54. The lowest BCUT2D eigenvalue weighted by molar-refractivity contribution is -0.153. The lowest BCUT2D eigenvalue weighted by Crippen LogP contribution is -2.16. The number of hydrogen-bond acceptors (Lipinski definition) is 3. The van der Waals surface area contributed by atoms with Gasteiger partial charge in [-0.2, -0.15) is 0 Å². The van der Waals surface area contributed by atoms with Crippen molar-refractivity contribution < 1.29 is 14.6 Å². The molecule has 0 fully saturated rings. The van der Waals surface area contributed by atoms with Crippen molar-refractivity contribution in [1.82, 2.24) is 0 Å². The molecule has 0 aliphatic carbocycles. The maximum Gasteiger partial charge on any atom is 0.339 e. The molecule has 0 bridgehead atoms. The first-order valence-electron chi connectivity index (χ1n) is 4.87. The molecule has 0 aliphatic rings. The van der Waals surface area contributed by atoms with E-state index in [0.29, 0.717) is 11.1 Å². The molecule has 16 heavy (non-hydrogen) atoms. The first-order valence-corrected chi connectivity index (χ1v) is 5.66. The van der Waals surface area contributed by atoms with E-state index in [2.05, 4.69) is 22.5 Å². The molecule has 0 amide bonds. The van der Waals surface area contributed by atoms with Gasteiger partial charge in [0.1, 0.15) is 0 Å². The molecule has 1 rings (SSSR count). The number of rotatable bonds is 4. The largest absolute Gasteiger partial charge is 0.464 e. The third-order valence-electron chi connectivity index (χ3n) is 2.10. The molecule has 0 saturated heterocycles. The van der Waals surface area contributed by atoms with Crippen molar-refractivity contribution in [2.45, 2.75) is 13.0 Å². The molecule has 0 heterocycles. The van der Waals surface area contributed by atoms with Gasteiger partial charge < -0.3 is 9.84 Å². The number of benzene rings is 1. The summed E-state index contributed by atoms with van der Waals surface area (Å²) in [6, 6.07) is 5.23. The minimum absolute atomic E-state index is 0.243. The Morgan fingerprint density at radius 2 is 2.38 bits per heavy atom. The summed E-state index contributed by atoms with van der Waals surface area (Å²) in [5.41, 5.74) is 1.19. The van der Waals surface area contributed by atoms with Crippen LogP contribution in [-0.2, 0) is 9.53 Å². The molecular weight excluding hydrogens is 272 g/mol. The quantitative estimate of drug-likeness (QED) is 0.865. The second-order valence-corrected chi connectivity index (χ2v) is 3.96. The van der Waals surface area contributed by atoms with E-state index in [1.165, 1.54) is 0 Å². The number of halogens is 1. The maximum absolute atomic E-state index is 11.4. The van der Waals surface area contributed by atoms with Gasteiger partial charge in [0.2, 0.25) is 0 Å². The summed E-state index contributed by atoms with van der Waals surface area (Å²) in [4.78, 5) is 11.4. The highest BCUT2D eigenvalue weighted by molar-refractivity contribution is 9.10. The van der Waals surface area contributed by atoms with Crippen LogP contribution in [-0.4, -0.2) is 17.7 Å². The molecule has 1 aromatic carbocycles. The van der Waals surface area contributed by atoms with Gasteiger partial charge in [-0.15, -0.1) is 0 Å². The zero-order chi connectivity index (χ0) is 12.1. The standard InChI is InChI=1S/C12H13BrO3/c1-3-8-9(6-5-7-10(8)13)11(14)12(15)16-4-2/h3,5-7,11,14H,1,4H2,2H3. The number of aliphatic hydroxyl groups is 1. The van der Waals surface area contributed by atoms with Crippen LogP contribution >= 0.6 is 15.9 Å². The molecule has 4 heteroatoms. The van der Waals surface area contributed by atoms with Gasteiger partial charge in [-0.05, 0) is 18.6 Å². The zero-order valence-electron chi connectivity index (χ0n) is 8.94. The van der Waals surface area contributed by atoms with E-state index in [1.807, 2.05) is 6.07 Å². The molecule has 0 aliphatic heterocycles. The van der Waals surface area contributed by atoms with Gasteiger partial charge in [0.25, 0.3) is 0 Å². The van der Waals surface area contributed by atoms with Gasteiger partial charge in [0.05, 0.1) is 6.61 Å². The maximum atomic E-state index is 11.4. The molecule has 1 atom stereocenters. The Bertz CT molecular complexity index is 401. The van der Waals surface area contributed by atoms with E-state index in [1.54, 1.807) is 25.1 Å². The lowest BCUT2D eigenvalue weighted by atomic mass is 10.0. The van der Waals surface area contributed by atoms with Crippen molar-refractivity contribution >= 4 is 28.0 Å². The number of carbonyl (C=O) groups is 1. The van der Waals surface area contributed by atoms with Gasteiger partial charge in [0, 0.05) is 10.0 Å². The van der Waals surface area contributed by atoms with E-state index >= 15 is 0 Å². The first-order chi connectivity index (χ1) is 7.61. The van der Waals surface area contributed by atoms with Crippen molar-refractivity contribution in [2.75, 3.05) is 6.61 Å². The summed E-state index contributed by atoms with van der Waals surface area (Å²) in [7, 11) is 0. The van der Waals surface area contributed by atoms with Crippen LogP contribution in [0.2, 0.25) is 0 Å². The average molecular weight is 285 g/mol. The predicted octanol–water partition coefficient (Wildman–Crippen LogP) is 2.69. The predicted molar refractivity (Wildman–Crippen MR) is 65.8 cm³/mol. The number of esters is 1. The molecule has 0 saturated carbocycles. The Hall–Kier alpha value is -1.13. The smallest absolute Gasteiger partial charge is 0.339 e. The highest BCUT2D eigenvalue weighted by Gasteiger charge is 2.21. The molecule has 1 unspecified atom stereocenters. The van der Waals surface area contributed by atoms with Crippen LogP contribution in [0.25, 0.3) is 6.08 Å². The van der Waals surface area contributed by atoms with E-state index in [0.717, 1.165) is 4.47 Å². The molecular formula is C12H13BrO3. The number of hydrogen-bond donors (Lipinski definition) is 1. The summed E-state index contributed by atoms with van der Waals surface area (Å²) in [6.45, 7) is 5.58. The third-order valence-corrected chi connectivity index (χ3v) is 2.79. The van der Waals surface area contributed by atoms with E-state index in [-0.39, 0.29) is 6.61 Å². The minimum atomic E-state index is -1.27. The molecule has 1 aromatic rings. The number of aliphatic hydroxyl groups excluding tert-OH is 1. The summed E-state index contributed by atoms with van der Waals surface area (Å²) >= 11 is 3.33. The Balaban J connectivity index is 3.08.